The molecule has 0 amide bonds. The normalized spacial score (nSPS) is 10.8. The molecule has 0 fully saturated rings. The van der Waals surface area contributed by atoms with Crippen LogP contribution in [-0.4, -0.2) is 9.78 Å². The Labute approximate surface area is 143 Å². The molecule has 0 unspecified atom stereocenters. The van der Waals surface area contributed by atoms with Gasteiger partial charge in [-0.2, -0.15) is 5.10 Å². The highest BCUT2D eigenvalue weighted by Gasteiger charge is 2.14. The first-order chi connectivity index (χ1) is 11.3. The van der Waals surface area contributed by atoms with Crippen molar-refractivity contribution in [2.75, 3.05) is 0 Å². The van der Waals surface area contributed by atoms with Crippen LogP contribution in [-0.2, 0) is 0 Å². The van der Waals surface area contributed by atoms with Gasteiger partial charge in [0.25, 0.3) is 0 Å². The second-order valence-electron chi connectivity index (χ2n) is 5.16. The molecule has 4 heteroatoms. The summed E-state index contributed by atoms with van der Waals surface area (Å²) in [5.74, 6) is 0. The van der Waals surface area contributed by atoms with Crippen molar-refractivity contribution in [2.45, 2.75) is 0 Å². The molecule has 112 valence electrons. The third kappa shape index (κ3) is 2.81. The summed E-state index contributed by atoms with van der Waals surface area (Å²) in [6, 6.07) is 22.2. The van der Waals surface area contributed by atoms with Crippen LogP contribution in [0.25, 0.3) is 27.4 Å². The number of halogens is 1. The average molecular weight is 337 g/mol. The molecule has 2 aromatic carbocycles. The fraction of sp³-hybridized carbons (Fsp3) is 0. The number of para-hydroxylation sites is 1. The van der Waals surface area contributed by atoms with E-state index in [0.29, 0.717) is 0 Å². The van der Waals surface area contributed by atoms with Crippen molar-refractivity contribution in [2.24, 2.45) is 0 Å². The Morgan fingerprint density at radius 1 is 0.870 bits per heavy atom. The van der Waals surface area contributed by atoms with Crippen LogP contribution in [0.15, 0.2) is 78.3 Å². The van der Waals surface area contributed by atoms with E-state index < -0.39 is 0 Å². The molecule has 0 saturated heterocycles. The average Bonchev–Trinajstić information content (AvgIpc) is 3.26. The summed E-state index contributed by atoms with van der Waals surface area (Å²) < 4.78 is 1.93. The van der Waals surface area contributed by atoms with E-state index in [1.807, 2.05) is 47.1 Å². The van der Waals surface area contributed by atoms with E-state index in [1.54, 1.807) is 11.3 Å². The number of thiophene rings is 1. The summed E-state index contributed by atoms with van der Waals surface area (Å²) in [5.41, 5.74) is 4.21. The molecule has 0 N–H and O–H groups in total. The maximum absolute atomic E-state index is 6.02. The minimum absolute atomic E-state index is 0.730. The van der Waals surface area contributed by atoms with Gasteiger partial charge in [-0.3, -0.25) is 0 Å². The molecular formula is C19H13ClN2S. The third-order valence-electron chi connectivity index (χ3n) is 3.64. The van der Waals surface area contributed by atoms with Gasteiger partial charge in [0.1, 0.15) is 5.69 Å². The lowest BCUT2D eigenvalue weighted by atomic mass is 10.1. The highest BCUT2D eigenvalue weighted by molar-refractivity contribution is 7.13. The van der Waals surface area contributed by atoms with Crippen LogP contribution < -0.4 is 0 Å². The monoisotopic (exact) mass is 336 g/mol. The van der Waals surface area contributed by atoms with E-state index >= 15 is 0 Å². The van der Waals surface area contributed by atoms with E-state index in [1.165, 1.54) is 4.88 Å². The van der Waals surface area contributed by atoms with Crippen molar-refractivity contribution in [3.8, 4) is 27.4 Å². The van der Waals surface area contributed by atoms with E-state index in [4.69, 9.17) is 16.7 Å². The smallest absolute Gasteiger partial charge is 0.101 e. The van der Waals surface area contributed by atoms with Crippen LogP contribution in [0.3, 0.4) is 0 Å². The zero-order valence-electron chi connectivity index (χ0n) is 12.2. The number of aromatic nitrogens is 2. The van der Waals surface area contributed by atoms with Crippen molar-refractivity contribution >= 4 is 22.9 Å². The second kappa shape index (κ2) is 6.03. The van der Waals surface area contributed by atoms with Gasteiger partial charge in [-0.05, 0) is 35.7 Å². The lowest BCUT2D eigenvalue weighted by molar-refractivity contribution is 0.884. The van der Waals surface area contributed by atoms with Crippen LogP contribution >= 0.6 is 22.9 Å². The van der Waals surface area contributed by atoms with Gasteiger partial charge in [-0.15, -0.1) is 11.3 Å². The second-order valence-corrected chi connectivity index (χ2v) is 6.54. The molecule has 0 bridgehead atoms. The molecule has 0 aliphatic carbocycles. The number of rotatable bonds is 3. The Kier molecular flexibility index (Phi) is 3.74. The lowest BCUT2D eigenvalue weighted by Crippen LogP contribution is -1.93. The highest BCUT2D eigenvalue weighted by atomic mass is 35.5. The number of nitrogens with zero attached hydrogens (tertiary/aromatic N) is 2. The van der Waals surface area contributed by atoms with Crippen LogP contribution in [0.5, 0.6) is 0 Å². The standard InChI is InChI=1S/C19H13ClN2S/c20-15-10-8-14(9-11-15)19-17(18-7-4-12-23-18)13-22(21-19)16-5-2-1-3-6-16/h1-13H. The van der Waals surface area contributed by atoms with Gasteiger partial charge in [-0.1, -0.05) is 48.0 Å². The van der Waals surface area contributed by atoms with Crippen molar-refractivity contribution < 1.29 is 0 Å². The summed E-state index contributed by atoms with van der Waals surface area (Å²) >= 11 is 7.73. The highest BCUT2D eigenvalue weighted by Crippen LogP contribution is 2.34. The molecule has 0 radical (unpaired) electrons. The van der Waals surface area contributed by atoms with Crippen molar-refractivity contribution in [1.29, 1.82) is 0 Å². The van der Waals surface area contributed by atoms with Gasteiger partial charge in [0.05, 0.1) is 5.69 Å². The maximum Gasteiger partial charge on any atom is 0.101 e. The fourth-order valence-electron chi connectivity index (χ4n) is 2.52. The summed E-state index contributed by atoms with van der Waals surface area (Å²) in [7, 11) is 0. The first-order valence-corrected chi connectivity index (χ1v) is 8.52. The van der Waals surface area contributed by atoms with E-state index in [9.17, 15) is 0 Å². The Balaban J connectivity index is 1.89. The van der Waals surface area contributed by atoms with Gasteiger partial charge in [0, 0.05) is 27.2 Å². The Morgan fingerprint density at radius 3 is 2.35 bits per heavy atom. The van der Waals surface area contributed by atoms with Crippen LogP contribution in [0, 0.1) is 0 Å². The molecule has 0 saturated carbocycles. The molecule has 23 heavy (non-hydrogen) atoms. The third-order valence-corrected chi connectivity index (χ3v) is 4.79. The Bertz CT molecular complexity index is 910. The van der Waals surface area contributed by atoms with Crippen LogP contribution in [0.4, 0.5) is 0 Å². The van der Waals surface area contributed by atoms with Gasteiger partial charge in [-0.25, -0.2) is 4.68 Å². The van der Waals surface area contributed by atoms with Crippen LogP contribution in [0.2, 0.25) is 5.02 Å². The fourth-order valence-corrected chi connectivity index (χ4v) is 3.38. The molecule has 4 aromatic rings. The summed E-state index contributed by atoms with van der Waals surface area (Å²) in [6.07, 6.45) is 2.09. The largest absolute Gasteiger partial charge is 0.240 e. The molecule has 0 aliphatic heterocycles. The van der Waals surface area contributed by atoms with Gasteiger partial charge in [0.2, 0.25) is 0 Å². The van der Waals surface area contributed by atoms with Crippen molar-refractivity contribution in [3.63, 3.8) is 0 Å². The predicted octanol–water partition coefficient (Wildman–Crippen LogP) is 5.92. The number of hydrogen-bond donors (Lipinski definition) is 0. The Hall–Kier alpha value is -2.36. The Morgan fingerprint density at radius 2 is 1.65 bits per heavy atom. The van der Waals surface area contributed by atoms with E-state index in [0.717, 1.165) is 27.5 Å². The molecule has 4 rings (SSSR count). The first-order valence-electron chi connectivity index (χ1n) is 7.26. The minimum Gasteiger partial charge on any atom is -0.240 e. The topological polar surface area (TPSA) is 17.8 Å². The minimum atomic E-state index is 0.730. The molecule has 0 spiro atoms. The predicted molar refractivity (Wildman–Crippen MR) is 97.3 cm³/mol. The number of hydrogen-bond acceptors (Lipinski definition) is 2. The summed E-state index contributed by atoms with van der Waals surface area (Å²) in [4.78, 5) is 1.21. The number of benzene rings is 2. The van der Waals surface area contributed by atoms with Gasteiger partial charge < -0.3 is 0 Å². The molecule has 0 atom stereocenters. The van der Waals surface area contributed by atoms with Crippen molar-refractivity contribution in [3.05, 3.63) is 83.3 Å². The van der Waals surface area contributed by atoms with Gasteiger partial charge in [0.15, 0.2) is 0 Å². The maximum atomic E-state index is 6.02. The molecule has 2 heterocycles. The summed E-state index contributed by atoms with van der Waals surface area (Å²) in [6.45, 7) is 0. The molecule has 0 aliphatic rings. The van der Waals surface area contributed by atoms with Crippen LogP contribution in [0.1, 0.15) is 0 Å². The molecule has 2 nitrogen and oxygen atoms in total. The van der Waals surface area contributed by atoms with Crippen molar-refractivity contribution in [1.82, 2.24) is 9.78 Å². The first kappa shape index (κ1) is 14.2. The van der Waals surface area contributed by atoms with E-state index in [-0.39, 0.29) is 0 Å². The zero-order chi connectivity index (χ0) is 15.6. The zero-order valence-corrected chi connectivity index (χ0v) is 13.8. The SMILES string of the molecule is Clc1ccc(-c2nn(-c3ccccc3)cc2-c2cccs2)cc1. The van der Waals surface area contributed by atoms with Gasteiger partial charge >= 0.3 is 0 Å². The summed E-state index contributed by atoms with van der Waals surface area (Å²) in [5, 5.41) is 7.63. The quantitative estimate of drug-likeness (QED) is 0.454. The van der Waals surface area contributed by atoms with E-state index in [2.05, 4.69) is 35.8 Å². The molecular weight excluding hydrogens is 324 g/mol. The lowest BCUT2D eigenvalue weighted by Gasteiger charge is -2.01. The molecule has 2 aromatic heterocycles.